The molecule has 0 aliphatic rings. The third-order valence-electron chi connectivity index (χ3n) is 1.10. The Bertz CT molecular complexity index is 281. The molecule has 1 rings (SSSR count). The van der Waals surface area contributed by atoms with E-state index < -0.39 is 0 Å². The van der Waals surface area contributed by atoms with E-state index in [0.29, 0.717) is 11.6 Å². The number of rotatable bonds is 0. The monoisotopic (exact) mass is 164 g/mol. The lowest BCUT2D eigenvalue weighted by Crippen LogP contribution is -1.88. The summed E-state index contributed by atoms with van der Waals surface area (Å²) in [5, 5.41) is 0. The molecule has 0 aromatic carbocycles. The number of hydrogen-bond acceptors (Lipinski definition) is 3. The molecule has 1 heterocycles. The maximum Gasteiger partial charge on any atom is 0.123 e. The van der Waals surface area contributed by atoms with Crippen LogP contribution in [-0.4, -0.2) is 10.7 Å². The second-order valence-corrected chi connectivity index (χ2v) is 2.25. The first-order valence-electron chi connectivity index (χ1n) is 3.14. The molecular formula is C8H8N2S. The molecule has 0 fully saturated rings. The van der Waals surface area contributed by atoms with Crippen molar-refractivity contribution < 1.29 is 0 Å². The SMILES string of the molecule is Nc1ccc(C#CCS)cn1. The zero-order valence-corrected chi connectivity index (χ0v) is 6.81. The highest BCUT2D eigenvalue weighted by Crippen LogP contribution is 1.98. The third kappa shape index (κ3) is 2.52. The molecule has 0 aliphatic heterocycles. The van der Waals surface area contributed by atoms with Crippen molar-refractivity contribution in [3.8, 4) is 11.8 Å². The minimum absolute atomic E-state index is 0.515. The van der Waals surface area contributed by atoms with E-state index in [1.165, 1.54) is 0 Å². The van der Waals surface area contributed by atoms with Gasteiger partial charge in [0.25, 0.3) is 0 Å². The van der Waals surface area contributed by atoms with Gasteiger partial charge in [0.1, 0.15) is 5.82 Å². The molecule has 2 nitrogen and oxygen atoms in total. The molecule has 0 spiro atoms. The molecular weight excluding hydrogens is 156 g/mol. The highest BCUT2D eigenvalue weighted by Gasteiger charge is 1.85. The van der Waals surface area contributed by atoms with Gasteiger partial charge >= 0.3 is 0 Å². The van der Waals surface area contributed by atoms with E-state index in [2.05, 4.69) is 29.5 Å². The summed E-state index contributed by atoms with van der Waals surface area (Å²) < 4.78 is 0. The van der Waals surface area contributed by atoms with Gasteiger partial charge in [-0.05, 0) is 12.1 Å². The molecule has 0 bridgehead atoms. The first kappa shape index (κ1) is 7.96. The van der Waals surface area contributed by atoms with Gasteiger partial charge in [-0.2, -0.15) is 12.6 Å². The van der Waals surface area contributed by atoms with E-state index in [1.54, 1.807) is 12.3 Å². The molecule has 2 N–H and O–H groups in total. The van der Waals surface area contributed by atoms with E-state index in [4.69, 9.17) is 5.73 Å². The molecule has 11 heavy (non-hydrogen) atoms. The fourth-order valence-electron chi connectivity index (χ4n) is 0.621. The number of hydrogen-bond donors (Lipinski definition) is 2. The molecule has 3 heteroatoms. The van der Waals surface area contributed by atoms with Gasteiger partial charge in [0, 0.05) is 11.8 Å². The Morgan fingerprint density at radius 1 is 1.55 bits per heavy atom. The van der Waals surface area contributed by atoms with Crippen molar-refractivity contribution in [3.63, 3.8) is 0 Å². The standard InChI is InChI=1S/C8H8N2S/c9-8-4-3-7(6-10-8)2-1-5-11/h3-4,6,11H,5H2,(H2,9,10). The van der Waals surface area contributed by atoms with Gasteiger partial charge in [0.2, 0.25) is 0 Å². The zero-order valence-electron chi connectivity index (χ0n) is 5.91. The van der Waals surface area contributed by atoms with Gasteiger partial charge in [-0.3, -0.25) is 0 Å². The number of nitrogen functional groups attached to an aromatic ring is 1. The maximum absolute atomic E-state index is 5.38. The van der Waals surface area contributed by atoms with Crippen molar-refractivity contribution in [1.29, 1.82) is 0 Å². The minimum Gasteiger partial charge on any atom is -0.384 e. The van der Waals surface area contributed by atoms with Crippen LogP contribution in [-0.2, 0) is 0 Å². The van der Waals surface area contributed by atoms with E-state index in [9.17, 15) is 0 Å². The average molecular weight is 164 g/mol. The molecule has 56 valence electrons. The molecule has 1 aromatic rings. The lowest BCUT2D eigenvalue weighted by Gasteiger charge is -1.89. The topological polar surface area (TPSA) is 38.9 Å². The predicted molar refractivity (Wildman–Crippen MR) is 49.4 cm³/mol. The predicted octanol–water partition coefficient (Wildman–Crippen LogP) is 0.945. The summed E-state index contributed by atoms with van der Waals surface area (Å²) in [6.07, 6.45) is 1.64. The summed E-state index contributed by atoms with van der Waals surface area (Å²) in [4.78, 5) is 3.88. The third-order valence-corrected chi connectivity index (χ3v) is 1.26. The van der Waals surface area contributed by atoms with Crippen LogP contribution in [0.25, 0.3) is 0 Å². The summed E-state index contributed by atoms with van der Waals surface area (Å²) in [5.41, 5.74) is 6.25. The number of pyridine rings is 1. The van der Waals surface area contributed by atoms with E-state index >= 15 is 0 Å². The molecule has 0 atom stereocenters. The summed E-state index contributed by atoms with van der Waals surface area (Å²) in [6.45, 7) is 0. The van der Waals surface area contributed by atoms with Crippen molar-refractivity contribution in [2.45, 2.75) is 0 Å². The van der Waals surface area contributed by atoms with Crippen LogP contribution < -0.4 is 5.73 Å². The number of thiol groups is 1. The molecule has 0 saturated heterocycles. The molecule has 0 radical (unpaired) electrons. The summed E-state index contributed by atoms with van der Waals surface area (Å²) >= 11 is 3.95. The smallest absolute Gasteiger partial charge is 0.123 e. The maximum atomic E-state index is 5.38. The highest BCUT2D eigenvalue weighted by molar-refractivity contribution is 7.80. The zero-order chi connectivity index (χ0) is 8.10. The quantitative estimate of drug-likeness (QED) is 0.442. The fourth-order valence-corrected chi connectivity index (χ4v) is 0.700. The van der Waals surface area contributed by atoms with Gasteiger partial charge < -0.3 is 5.73 Å². The number of anilines is 1. The molecule has 1 aromatic heterocycles. The van der Waals surface area contributed by atoms with Gasteiger partial charge in [-0.15, -0.1) is 0 Å². The first-order chi connectivity index (χ1) is 5.33. The second-order valence-electron chi connectivity index (χ2n) is 1.93. The summed E-state index contributed by atoms with van der Waals surface area (Å²) in [7, 11) is 0. The van der Waals surface area contributed by atoms with Crippen LogP contribution >= 0.6 is 12.6 Å². The van der Waals surface area contributed by atoms with E-state index in [1.807, 2.05) is 6.07 Å². The largest absolute Gasteiger partial charge is 0.384 e. The van der Waals surface area contributed by atoms with Crippen molar-refractivity contribution in [2.24, 2.45) is 0 Å². The Balaban J connectivity index is 2.82. The molecule has 0 aliphatic carbocycles. The van der Waals surface area contributed by atoms with E-state index in [-0.39, 0.29) is 0 Å². The van der Waals surface area contributed by atoms with Crippen LogP contribution in [0, 0.1) is 11.8 Å². The van der Waals surface area contributed by atoms with Crippen LogP contribution in [0.15, 0.2) is 18.3 Å². The molecule has 0 saturated carbocycles. The van der Waals surface area contributed by atoms with Crippen molar-refractivity contribution in [1.82, 2.24) is 4.98 Å². The molecule has 0 amide bonds. The number of nitrogens with zero attached hydrogens (tertiary/aromatic N) is 1. The summed E-state index contributed by atoms with van der Waals surface area (Å²) in [5.74, 6) is 6.77. The number of aromatic nitrogens is 1. The van der Waals surface area contributed by atoms with Gasteiger partial charge in [-0.25, -0.2) is 4.98 Å². The van der Waals surface area contributed by atoms with Gasteiger partial charge in [-0.1, -0.05) is 11.8 Å². The van der Waals surface area contributed by atoms with E-state index in [0.717, 1.165) is 5.56 Å². The summed E-state index contributed by atoms with van der Waals surface area (Å²) in [6, 6.07) is 3.56. The Morgan fingerprint density at radius 3 is 2.91 bits per heavy atom. The van der Waals surface area contributed by atoms with Gasteiger partial charge in [0.15, 0.2) is 0 Å². The van der Waals surface area contributed by atoms with Crippen LogP contribution in [0.1, 0.15) is 5.56 Å². The Labute approximate surface area is 71.2 Å². The van der Waals surface area contributed by atoms with Crippen LogP contribution in [0.2, 0.25) is 0 Å². The average Bonchev–Trinajstić information content (AvgIpc) is 2.04. The normalized spacial score (nSPS) is 8.45. The lowest BCUT2D eigenvalue weighted by atomic mass is 10.3. The van der Waals surface area contributed by atoms with Crippen LogP contribution in [0.5, 0.6) is 0 Å². The first-order valence-corrected chi connectivity index (χ1v) is 3.77. The number of nitrogens with two attached hydrogens (primary N) is 1. The van der Waals surface area contributed by atoms with Gasteiger partial charge in [0.05, 0.1) is 5.75 Å². The molecule has 0 unspecified atom stereocenters. The van der Waals surface area contributed by atoms with Crippen molar-refractivity contribution in [2.75, 3.05) is 11.5 Å². The van der Waals surface area contributed by atoms with Crippen LogP contribution in [0.3, 0.4) is 0 Å². The van der Waals surface area contributed by atoms with Crippen molar-refractivity contribution in [3.05, 3.63) is 23.9 Å². The highest BCUT2D eigenvalue weighted by atomic mass is 32.1. The minimum atomic E-state index is 0.515. The fraction of sp³-hybridized carbons (Fsp3) is 0.125. The second kappa shape index (κ2) is 3.89. The Kier molecular flexibility index (Phi) is 2.82. The van der Waals surface area contributed by atoms with Crippen molar-refractivity contribution >= 4 is 18.4 Å². The Morgan fingerprint density at radius 2 is 2.36 bits per heavy atom. The lowest BCUT2D eigenvalue weighted by molar-refractivity contribution is 1.32. The van der Waals surface area contributed by atoms with Crippen LogP contribution in [0.4, 0.5) is 5.82 Å². The Hall–Kier alpha value is -1.14.